The first-order valence-corrected chi connectivity index (χ1v) is 8.09. The van der Waals surface area contributed by atoms with Crippen LogP contribution in [-0.2, 0) is 23.7 Å². The molecular weight excluding hydrogens is 355 g/mol. The van der Waals surface area contributed by atoms with E-state index in [1.165, 1.54) is 0 Å². The maximum Gasteiger partial charge on any atom is 0.509 e. The van der Waals surface area contributed by atoms with Crippen molar-refractivity contribution in [3.8, 4) is 0 Å². The highest BCUT2D eigenvalue weighted by atomic mass is 19.2. The van der Waals surface area contributed by atoms with Gasteiger partial charge in [-0.25, -0.2) is 14.0 Å². The van der Waals surface area contributed by atoms with Crippen LogP contribution in [0.1, 0.15) is 25.5 Å². The Morgan fingerprint density at radius 2 is 2.12 bits per heavy atom. The zero-order valence-corrected chi connectivity index (χ0v) is 13.4. The van der Waals surface area contributed by atoms with E-state index in [4.69, 9.17) is 18.9 Å². The van der Waals surface area contributed by atoms with Crippen molar-refractivity contribution in [1.82, 2.24) is 9.55 Å². The third-order valence-corrected chi connectivity index (χ3v) is 4.75. The Kier molecular flexibility index (Phi) is 3.83. The number of halogens is 1. The lowest BCUT2D eigenvalue weighted by Crippen LogP contribution is -2.43. The number of alkyl halides is 1. The molecule has 1 saturated carbocycles. The molecule has 0 aromatic carbocycles. The number of fused-ring (bicyclic) bond motifs is 1. The van der Waals surface area contributed by atoms with Gasteiger partial charge in [0, 0.05) is 12.3 Å². The topological polar surface area (TPSA) is 126 Å². The first-order valence-electron chi connectivity index (χ1n) is 8.09. The second-order valence-corrected chi connectivity index (χ2v) is 6.42. The lowest BCUT2D eigenvalue weighted by Gasteiger charge is -2.27. The highest BCUT2D eigenvalue weighted by Gasteiger charge is 2.65. The predicted molar refractivity (Wildman–Crippen MR) is 78.7 cm³/mol. The van der Waals surface area contributed by atoms with Crippen molar-refractivity contribution in [2.24, 2.45) is 5.92 Å². The summed E-state index contributed by atoms with van der Waals surface area (Å²) in [5.74, 6) is -3.50. The van der Waals surface area contributed by atoms with Gasteiger partial charge in [-0.1, -0.05) is 6.42 Å². The molecular formula is C15H15FN2O8. The summed E-state index contributed by atoms with van der Waals surface area (Å²) in [5, 5.41) is 0. The smallest absolute Gasteiger partial charge is 0.459 e. The summed E-state index contributed by atoms with van der Waals surface area (Å²) < 4.78 is 36.1. The normalized spacial score (nSPS) is 33.1. The van der Waals surface area contributed by atoms with Crippen LogP contribution in [0.15, 0.2) is 21.9 Å². The molecule has 1 N–H and O–H groups in total. The summed E-state index contributed by atoms with van der Waals surface area (Å²) in [7, 11) is 0. The summed E-state index contributed by atoms with van der Waals surface area (Å²) in [6.45, 7) is -0.811. The van der Waals surface area contributed by atoms with Crippen LogP contribution in [0.4, 0.5) is 9.18 Å². The number of rotatable bonds is 4. The molecule has 3 heterocycles. The summed E-state index contributed by atoms with van der Waals surface area (Å²) in [6.07, 6.45) is -1.96. The molecule has 140 valence electrons. The Bertz CT molecular complexity index is 862. The molecule has 2 saturated heterocycles. The fraction of sp³-hybridized carbons (Fsp3) is 0.600. The van der Waals surface area contributed by atoms with Crippen molar-refractivity contribution in [1.29, 1.82) is 0 Å². The lowest BCUT2D eigenvalue weighted by molar-refractivity contribution is -0.221. The number of esters is 1. The van der Waals surface area contributed by atoms with Crippen LogP contribution in [0.5, 0.6) is 0 Å². The van der Waals surface area contributed by atoms with E-state index in [1.807, 2.05) is 4.98 Å². The molecule has 0 radical (unpaired) electrons. The fourth-order valence-corrected chi connectivity index (χ4v) is 3.14. The molecule has 0 bridgehead atoms. The number of nitrogens with zero attached hydrogens (tertiary/aromatic N) is 1. The van der Waals surface area contributed by atoms with E-state index in [0.717, 1.165) is 23.3 Å². The van der Waals surface area contributed by atoms with E-state index in [-0.39, 0.29) is 5.92 Å². The summed E-state index contributed by atoms with van der Waals surface area (Å²) in [4.78, 5) is 48.4. The summed E-state index contributed by atoms with van der Waals surface area (Å²) in [6, 6.07) is 1.03. The van der Waals surface area contributed by atoms with Crippen LogP contribution in [-0.4, -0.2) is 46.3 Å². The second kappa shape index (κ2) is 5.94. The standard InChI is InChI=1S/C15H15FN2O8/c16-15(6-23-12(20)7-2-1-3-7)10-9(24-14(22)25-10)11(26-15)18-5-4-8(19)17-13(18)21/h4-5,7,9-11H,1-3,6H2,(H,17,19,21)/t9-,10+,11-,15-/m1/s1. The molecule has 0 spiro atoms. The van der Waals surface area contributed by atoms with Crippen LogP contribution >= 0.6 is 0 Å². The van der Waals surface area contributed by atoms with Gasteiger partial charge in [0.2, 0.25) is 6.10 Å². The SMILES string of the molecule is O=C1O[C@H]2[C@H](n3ccc(=O)[nH]c3=O)O[C@](F)(COC(=O)C3CCC3)[C@H]2O1. The number of nitrogens with one attached hydrogen (secondary N) is 1. The number of H-pyrrole nitrogens is 1. The van der Waals surface area contributed by atoms with E-state index < -0.39 is 54.3 Å². The third kappa shape index (κ3) is 2.68. The van der Waals surface area contributed by atoms with Crippen LogP contribution in [0.3, 0.4) is 0 Å². The van der Waals surface area contributed by atoms with E-state index in [0.29, 0.717) is 12.8 Å². The quantitative estimate of drug-likeness (QED) is 0.733. The molecule has 1 aromatic rings. The van der Waals surface area contributed by atoms with Gasteiger partial charge in [0.25, 0.3) is 11.4 Å². The average molecular weight is 370 g/mol. The first kappa shape index (κ1) is 16.8. The van der Waals surface area contributed by atoms with Gasteiger partial charge in [-0.2, -0.15) is 0 Å². The zero-order valence-electron chi connectivity index (χ0n) is 13.4. The van der Waals surface area contributed by atoms with Gasteiger partial charge in [0.15, 0.2) is 18.9 Å². The van der Waals surface area contributed by atoms with Gasteiger partial charge in [0.05, 0.1) is 5.92 Å². The molecule has 2 aliphatic heterocycles. The molecule has 4 rings (SSSR count). The maximum absolute atomic E-state index is 15.3. The maximum atomic E-state index is 15.3. The zero-order chi connectivity index (χ0) is 18.5. The van der Waals surface area contributed by atoms with Crippen molar-refractivity contribution in [2.45, 2.75) is 43.6 Å². The number of hydrogen-bond donors (Lipinski definition) is 1. The molecule has 26 heavy (non-hydrogen) atoms. The number of aromatic amines is 1. The largest absolute Gasteiger partial charge is 0.509 e. The number of carbonyl (C=O) groups excluding carboxylic acids is 2. The number of carbonyl (C=O) groups is 2. The van der Waals surface area contributed by atoms with Crippen molar-refractivity contribution in [2.75, 3.05) is 6.61 Å². The number of ether oxygens (including phenoxy) is 4. The Morgan fingerprint density at radius 1 is 1.35 bits per heavy atom. The van der Waals surface area contributed by atoms with Gasteiger partial charge in [-0.3, -0.25) is 19.1 Å². The molecule has 4 atom stereocenters. The second-order valence-electron chi connectivity index (χ2n) is 6.42. The number of aromatic nitrogens is 2. The minimum atomic E-state index is -2.68. The van der Waals surface area contributed by atoms with Crippen molar-refractivity contribution >= 4 is 12.1 Å². The van der Waals surface area contributed by atoms with Crippen LogP contribution in [0.25, 0.3) is 0 Å². The first-order chi connectivity index (χ1) is 12.4. The van der Waals surface area contributed by atoms with Crippen LogP contribution in [0, 0.1) is 5.92 Å². The molecule has 0 amide bonds. The van der Waals surface area contributed by atoms with Crippen molar-refractivity contribution in [3.05, 3.63) is 33.1 Å². The van der Waals surface area contributed by atoms with Gasteiger partial charge in [0.1, 0.15) is 0 Å². The lowest BCUT2D eigenvalue weighted by atomic mass is 9.86. The molecule has 11 heteroatoms. The van der Waals surface area contributed by atoms with E-state index in [9.17, 15) is 19.2 Å². The van der Waals surface area contributed by atoms with E-state index >= 15 is 4.39 Å². The van der Waals surface area contributed by atoms with E-state index in [1.54, 1.807) is 0 Å². The minimum Gasteiger partial charge on any atom is -0.459 e. The minimum absolute atomic E-state index is 0.268. The average Bonchev–Trinajstić information content (AvgIpc) is 3.02. The number of hydrogen-bond acceptors (Lipinski definition) is 8. The third-order valence-electron chi connectivity index (χ3n) is 4.75. The Morgan fingerprint density at radius 3 is 2.77 bits per heavy atom. The molecule has 10 nitrogen and oxygen atoms in total. The molecule has 3 fully saturated rings. The van der Waals surface area contributed by atoms with E-state index in [2.05, 4.69) is 0 Å². The van der Waals surface area contributed by atoms with Crippen molar-refractivity contribution < 1.29 is 32.9 Å². The van der Waals surface area contributed by atoms with Gasteiger partial charge in [-0.05, 0) is 12.8 Å². The Labute approximate surface area is 144 Å². The van der Waals surface area contributed by atoms with Crippen LogP contribution in [0.2, 0.25) is 0 Å². The van der Waals surface area contributed by atoms with Crippen molar-refractivity contribution in [3.63, 3.8) is 0 Å². The Hall–Kier alpha value is -2.69. The monoisotopic (exact) mass is 370 g/mol. The highest BCUT2D eigenvalue weighted by molar-refractivity contribution is 5.73. The van der Waals surface area contributed by atoms with Gasteiger partial charge < -0.3 is 18.9 Å². The summed E-state index contributed by atoms with van der Waals surface area (Å²) >= 11 is 0. The molecule has 3 aliphatic rings. The van der Waals surface area contributed by atoms with Crippen LogP contribution < -0.4 is 11.2 Å². The molecule has 0 unspecified atom stereocenters. The summed E-state index contributed by atoms with van der Waals surface area (Å²) in [5.41, 5.74) is -1.53. The molecule has 1 aromatic heterocycles. The molecule has 1 aliphatic carbocycles. The fourth-order valence-electron chi connectivity index (χ4n) is 3.14. The Balaban J connectivity index is 1.57. The highest BCUT2D eigenvalue weighted by Crippen LogP contribution is 2.45. The van der Waals surface area contributed by atoms with Gasteiger partial charge in [-0.15, -0.1) is 0 Å². The predicted octanol–water partition coefficient (Wildman–Crippen LogP) is -0.0215. The van der Waals surface area contributed by atoms with Gasteiger partial charge >= 0.3 is 17.8 Å².